The molecule has 1 amide bonds. The van der Waals surface area contributed by atoms with E-state index in [9.17, 15) is 4.79 Å². The van der Waals surface area contributed by atoms with Crippen LogP contribution in [0.5, 0.6) is 0 Å². The Kier molecular flexibility index (Phi) is 4.25. The highest BCUT2D eigenvalue weighted by Crippen LogP contribution is 2.25. The average molecular weight is 295 g/mol. The van der Waals surface area contributed by atoms with Crippen LogP contribution in [0.25, 0.3) is 11.1 Å². The van der Waals surface area contributed by atoms with Crippen molar-refractivity contribution in [1.29, 1.82) is 0 Å². The van der Waals surface area contributed by atoms with Crippen LogP contribution >= 0.6 is 0 Å². The summed E-state index contributed by atoms with van der Waals surface area (Å²) < 4.78 is 5.37. The average Bonchev–Trinajstić information content (AvgIpc) is 3.38. The molecule has 1 aliphatic rings. The summed E-state index contributed by atoms with van der Waals surface area (Å²) in [6.45, 7) is 2.03. The van der Waals surface area contributed by atoms with Crippen LogP contribution in [0.1, 0.15) is 41.8 Å². The fraction of sp³-hybridized carbons (Fsp3) is 0.316. The molecule has 1 fully saturated rings. The lowest BCUT2D eigenvalue weighted by Crippen LogP contribution is -2.25. The molecule has 0 bridgehead atoms. The van der Waals surface area contributed by atoms with Crippen LogP contribution in [0.4, 0.5) is 0 Å². The van der Waals surface area contributed by atoms with E-state index in [1.165, 1.54) is 0 Å². The maximum absolute atomic E-state index is 12.0. The molecule has 0 saturated heterocycles. The lowest BCUT2D eigenvalue weighted by atomic mass is 10.00. The molecule has 1 saturated carbocycles. The van der Waals surface area contributed by atoms with Gasteiger partial charge in [0.15, 0.2) is 0 Å². The van der Waals surface area contributed by atoms with Crippen LogP contribution in [0.3, 0.4) is 0 Å². The van der Waals surface area contributed by atoms with E-state index in [-0.39, 0.29) is 12.0 Å². The molecular weight excluding hydrogens is 274 g/mol. The van der Waals surface area contributed by atoms with E-state index >= 15 is 0 Å². The Morgan fingerprint density at radius 3 is 2.50 bits per heavy atom. The lowest BCUT2D eigenvalue weighted by Gasteiger charge is -2.12. The topological polar surface area (TPSA) is 38.3 Å². The minimum absolute atomic E-state index is 0.0239. The molecule has 0 aliphatic heterocycles. The van der Waals surface area contributed by atoms with E-state index in [4.69, 9.17) is 4.74 Å². The number of hydrogen-bond donors (Lipinski definition) is 1. The third-order valence-electron chi connectivity index (χ3n) is 4.10. The predicted octanol–water partition coefficient (Wildman–Crippen LogP) is 3.95. The van der Waals surface area contributed by atoms with Gasteiger partial charge in [-0.25, -0.2) is 0 Å². The normalized spacial score (nSPS) is 15.4. The monoisotopic (exact) mass is 295 g/mol. The van der Waals surface area contributed by atoms with Crippen molar-refractivity contribution in [3.05, 3.63) is 59.7 Å². The molecule has 3 rings (SSSR count). The molecule has 0 aromatic heterocycles. The van der Waals surface area contributed by atoms with Crippen molar-refractivity contribution in [2.45, 2.75) is 31.9 Å². The van der Waals surface area contributed by atoms with Crippen molar-refractivity contribution < 1.29 is 9.53 Å². The van der Waals surface area contributed by atoms with Crippen LogP contribution in [0, 0.1) is 0 Å². The number of rotatable bonds is 5. The molecule has 114 valence electrons. The van der Waals surface area contributed by atoms with Gasteiger partial charge in [-0.2, -0.15) is 0 Å². The van der Waals surface area contributed by atoms with Gasteiger partial charge in [0, 0.05) is 18.7 Å². The minimum atomic E-state index is 0.0239. The second-order valence-corrected chi connectivity index (χ2v) is 5.83. The second kappa shape index (κ2) is 6.32. The first-order valence-electron chi connectivity index (χ1n) is 7.71. The fourth-order valence-corrected chi connectivity index (χ4v) is 2.42. The van der Waals surface area contributed by atoms with Crippen molar-refractivity contribution in [3.8, 4) is 11.1 Å². The van der Waals surface area contributed by atoms with Crippen molar-refractivity contribution >= 4 is 5.91 Å². The number of hydrogen-bond acceptors (Lipinski definition) is 2. The van der Waals surface area contributed by atoms with Crippen molar-refractivity contribution in [1.82, 2.24) is 5.32 Å². The zero-order chi connectivity index (χ0) is 15.5. The SMILES string of the molecule is CO[C@H](C)c1cccc(-c2ccc(C(=O)NC3CC3)cc2)c1. The lowest BCUT2D eigenvalue weighted by molar-refractivity contribution is 0.0951. The molecule has 22 heavy (non-hydrogen) atoms. The molecule has 1 atom stereocenters. The Morgan fingerprint density at radius 1 is 1.14 bits per heavy atom. The van der Waals surface area contributed by atoms with E-state index in [2.05, 4.69) is 23.5 Å². The van der Waals surface area contributed by atoms with Gasteiger partial charge in [-0.1, -0.05) is 30.3 Å². The summed E-state index contributed by atoms with van der Waals surface area (Å²) >= 11 is 0. The zero-order valence-electron chi connectivity index (χ0n) is 13.0. The second-order valence-electron chi connectivity index (χ2n) is 5.83. The Balaban J connectivity index is 1.78. The summed E-state index contributed by atoms with van der Waals surface area (Å²) in [5.74, 6) is 0.0239. The largest absolute Gasteiger partial charge is 0.377 e. The van der Waals surface area contributed by atoms with Crippen LogP contribution < -0.4 is 5.32 Å². The maximum atomic E-state index is 12.0. The van der Waals surface area contributed by atoms with Gasteiger partial charge < -0.3 is 10.1 Å². The van der Waals surface area contributed by atoms with Gasteiger partial charge >= 0.3 is 0 Å². The predicted molar refractivity (Wildman–Crippen MR) is 87.8 cm³/mol. The molecular formula is C19H21NO2. The van der Waals surface area contributed by atoms with Crippen LogP contribution in [0.15, 0.2) is 48.5 Å². The van der Waals surface area contributed by atoms with Gasteiger partial charge in [-0.3, -0.25) is 4.79 Å². The summed E-state index contributed by atoms with van der Waals surface area (Å²) in [4.78, 5) is 12.0. The van der Waals surface area contributed by atoms with Crippen molar-refractivity contribution in [2.75, 3.05) is 7.11 Å². The first-order chi connectivity index (χ1) is 10.7. The molecule has 0 spiro atoms. The third-order valence-corrected chi connectivity index (χ3v) is 4.10. The Morgan fingerprint density at radius 2 is 1.86 bits per heavy atom. The highest BCUT2D eigenvalue weighted by atomic mass is 16.5. The van der Waals surface area contributed by atoms with Gasteiger partial charge in [0.2, 0.25) is 0 Å². The number of amides is 1. The van der Waals surface area contributed by atoms with Gasteiger partial charge in [0.25, 0.3) is 5.91 Å². The molecule has 3 nitrogen and oxygen atoms in total. The van der Waals surface area contributed by atoms with Crippen LogP contribution in [-0.4, -0.2) is 19.1 Å². The molecule has 0 heterocycles. The smallest absolute Gasteiger partial charge is 0.251 e. The Bertz CT molecular complexity index is 659. The number of benzene rings is 2. The summed E-state index contributed by atoms with van der Waals surface area (Å²) in [6, 6.07) is 16.5. The van der Waals surface area contributed by atoms with E-state index in [1.54, 1.807) is 7.11 Å². The van der Waals surface area contributed by atoms with Gasteiger partial charge in [-0.15, -0.1) is 0 Å². The first kappa shape index (κ1) is 14.8. The van der Waals surface area contributed by atoms with Crippen molar-refractivity contribution in [2.24, 2.45) is 0 Å². The summed E-state index contributed by atoms with van der Waals surface area (Å²) in [7, 11) is 1.71. The quantitative estimate of drug-likeness (QED) is 0.907. The number of carbonyl (C=O) groups excluding carboxylic acids is 1. The highest BCUT2D eigenvalue weighted by Gasteiger charge is 2.23. The van der Waals surface area contributed by atoms with Crippen LogP contribution in [-0.2, 0) is 4.74 Å². The van der Waals surface area contributed by atoms with Gasteiger partial charge in [0.1, 0.15) is 0 Å². The Labute approximate surface area is 131 Å². The Hall–Kier alpha value is -2.13. The van der Waals surface area contributed by atoms with E-state index in [1.807, 2.05) is 37.3 Å². The first-order valence-corrected chi connectivity index (χ1v) is 7.71. The molecule has 0 unspecified atom stereocenters. The van der Waals surface area contributed by atoms with Crippen molar-refractivity contribution in [3.63, 3.8) is 0 Å². The summed E-state index contributed by atoms with van der Waals surface area (Å²) in [5.41, 5.74) is 4.11. The molecule has 2 aromatic rings. The summed E-state index contributed by atoms with van der Waals surface area (Å²) in [5, 5.41) is 3.01. The molecule has 3 heteroatoms. The van der Waals surface area contributed by atoms with E-state index < -0.39 is 0 Å². The number of carbonyl (C=O) groups is 1. The molecule has 1 aliphatic carbocycles. The highest BCUT2D eigenvalue weighted by molar-refractivity contribution is 5.95. The number of nitrogens with one attached hydrogen (secondary N) is 1. The number of methoxy groups -OCH3 is 1. The van der Waals surface area contributed by atoms with E-state index in [0.29, 0.717) is 6.04 Å². The van der Waals surface area contributed by atoms with Crippen LogP contribution in [0.2, 0.25) is 0 Å². The molecule has 0 radical (unpaired) electrons. The van der Waals surface area contributed by atoms with Gasteiger partial charge in [0.05, 0.1) is 6.10 Å². The fourth-order valence-electron chi connectivity index (χ4n) is 2.42. The maximum Gasteiger partial charge on any atom is 0.251 e. The molecule has 2 aromatic carbocycles. The summed E-state index contributed by atoms with van der Waals surface area (Å²) in [6.07, 6.45) is 2.28. The third kappa shape index (κ3) is 3.37. The van der Waals surface area contributed by atoms with E-state index in [0.717, 1.165) is 35.1 Å². The standard InChI is InChI=1S/C19H21NO2/c1-13(22-2)16-4-3-5-17(12-16)14-6-8-15(9-7-14)19(21)20-18-10-11-18/h3-9,12-13,18H,10-11H2,1-2H3,(H,20,21)/t13-/m1/s1. The minimum Gasteiger partial charge on any atom is -0.377 e. The zero-order valence-corrected chi connectivity index (χ0v) is 13.0. The van der Waals surface area contributed by atoms with Gasteiger partial charge in [-0.05, 0) is 54.7 Å². The molecule has 1 N–H and O–H groups in total. The number of ether oxygens (including phenoxy) is 1.